The molecule has 6 heteroatoms. The lowest BCUT2D eigenvalue weighted by Gasteiger charge is -2.40. The fourth-order valence-electron chi connectivity index (χ4n) is 3.03. The molecule has 2 rings (SSSR count). The minimum absolute atomic E-state index is 0.0965. The molecule has 118 valence electrons. The first kappa shape index (κ1) is 16.2. The summed E-state index contributed by atoms with van der Waals surface area (Å²) in [7, 11) is -3.71. The smallest absolute Gasteiger partial charge is 0.245 e. The Kier molecular flexibility index (Phi) is 4.58. The zero-order valence-corrected chi connectivity index (χ0v) is 13.4. The van der Waals surface area contributed by atoms with Gasteiger partial charge in [-0.3, -0.25) is 0 Å². The van der Waals surface area contributed by atoms with Crippen LogP contribution >= 0.6 is 0 Å². The van der Waals surface area contributed by atoms with Gasteiger partial charge < -0.3 is 5.73 Å². The summed E-state index contributed by atoms with van der Waals surface area (Å²) < 4.78 is 40.0. The molecule has 0 amide bonds. The van der Waals surface area contributed by atoms with Crippen LogP contribution < -0.4 is 5.73 Å². The molecule has 1 aromatic carbocycles. The molecule has 1 aliphatic rings. The maximum atomic E-state index is 13.3. The summed E-state index contributed by atoms with van der Waals surface area (Å²) in [6, 6.07) is 3.48. The molecule has 21 heavy (non-hydrogen) atoms. The van der Waals surface area contributed by atoms with Crippen LogP contribution in [0.5, 0.6) is 0 Å². The standard InChI is InChI=1S/C15H23FN2O2S/c1-3-15(4-2)7-9-18(10-8-15)21(19,20)14-11-12(16)5-6-13(14)17/h5-6,11H,3-4,7-10,17H2,1-2H3. The van der Waals surface area contributed by atoms with Gasteiger partial charge in [0.25, 0.3) is 0 Å². The molecule has 0 aromatic heterocycles. The van der Waals surface area contributed by atoms with Crippen molar-refractivity contribution in [2.24, 2.45) is 5.41 Å². The number of halogens is 1. The lowest BCUT2D eigenvalue weighted by atomic mass is 9.75. The van der Waals surface area contributed by atoms with Gasteiger partial charge in [0, 0.05) is 13.1 Å². The van der Waals surface area contributed by atoms with Gasteiger partial charge in [-0.05, 0) is 36.5 Å². The van der Waals surface area contributed by atoms with E-state index in [0.717, 1.165) is 31.7 Å². The normalized spacial score (nSPS) is 19.6. The van der Waals surface area contributed by atoms with E-state index in [1.54, 1.807) is 0 Å². The Bertz CT molecular complexity index is 602. The first-order valence-corrected chi connectivity index (χ1v) is 8.84. The van der Waals surface area contributed by atoms with Crippen LogP contribution in [0.3, 0.4) is 0 Å². The molecule has 0 aliphatic carbocycles. The molecule has 0 bridgehead atoms. The van der Waals surface area contributed by atoms with Gasteiger partial charge in [-0.15, -0.1) is 0 Å². The highest BCUT2D eigenvalue weighted by molar-refractivity contribution is 7.89. The van der Waals surface area contributed by atoms with Crippen LogP contribution in [0, 0.1) is 11.2 Å². The van der Waals surface area contributed by atoms with E-state index < -0.39 is 15.8 Å². The lowest BCUT2D eigenvalue weighted by Crippen LogP contribution is -2.42. The van der Waals surface area contributed by atoms with E-state index in [1.807, 2.05) is 0 Å². The van der Waals surface area contributed by atoms with Gasteiger partial charge in [-0.1, -0.05) is 26.7 Å². The van der Waals surface area contributed by atoms with E-state index in [4.69, 9.17) is 5.73 Å². The molecule has 0 saturated carbocycles. The van der Waals surface area contributed by atoms with Gasteiger partial charge in [0.2, 0.25) is 10.0 Å². The molecular formula is C15H23FN2O2S. The summed E-state index contributed by atoms with van der Waals surface area (Å²) in [6.07, 6.45) is 3.79. The average Bonchev–Trinajstić information content (AvgIpc) is 2.49. The van der Waals surface area contributed by atoms with Gasteiger partial charge in [-0.25, -0.2) is 12.8 Å². The highest BCUT2D eigenvalue weighted by atomic mass is 32.2. The topological polar surface area (TPSA) is 63.4 Å². The summed E-state index contributed by atoms with van der Waals surface area (Å²) in [5.41, 5.74) is 6.05. The number of hydrogen-bond acceptors (Lipinski definition) is 3. The predicted molar refractivity (Wildman–Crippen MR) is 81.8 cm³/mol. The van der Waals surface area contributed by atoms with E-state index in [9.17, 15) is 12.8 Å². The minimum atomic E-state index is -3.71. The number of anilines is 1. The van der Waals surface area contributed by atoms with Gasteiger partial charge in [0.1, 0.15) is 10.7 Å². The van der Waals surface area contributed by atoms with E-state index in [-0.39, 0.29) is 16.0 Å². The Hall–Kier alpha value is -1.14. The van der Waals surface area contributed by atoms with Crippen LogP contribution in [0.25, 0.3) is 0 Å². The third-order valence-electron chi connectivity index (χ3n) is 4.88. The highest BCUT2D eigenvalue weighted by Crippen LogP contribution is 2.39. The van der Waals surface area contributed by atoms with Crippen molar-refractivity contribution in [1.29, 1.82) is 0 Å². The minimum Gasteiger partial charge on any atom is -0.398 e. The second-order valence-corrected chi connectivity index (χ2v) is 7.70. The molecule has 0 atom stereocenters. The molecule has 2 N–H and O–H groups in total. The maximum Gasteiger partial charge on any atom is 0.245 e. The van der Waals surface area contributed by atoms with E-state index in [0.29, 0.717) is 13.1 Å². The lowest BCUT2D eigenvalue weighted by molar-refractivity contribution is 0.141. The molecule has 0 unspecified atom stereocenters. The van der Waals surface area contributed by atoms with Crippen molar-refractivity contribution in [2.45, 2.75) is 44.4 Å². The number of rotatable bonds is 4. The summed E-state index contributed by atoms with van der Waals surface area (Å²) in [5.74, 6) is -0.587. The Morgan fingerprint density at radius 2 is 1.81 bits per heavy atom. The van der Waals surface area contributed by atoms with Crippen molar-refractivity contribution < 1.29 is 12.8 Å². The van der Waals surface area contributed by atoms with E-state index in [2.05, 4.69) is 13.8 Å². The molecule has 1 heterocycles. The Balaban J connectivity index is 2.24. The summed E-state index contributed by atoms with van der Waals surface area (Å²) in [6.45, 7) is 5.25. The Labute approximate surface area is 126 Å². The van der Waals surface area contributed by atoms with Gasteiger partial charge in [0.15, 0.2) is 0 Å². The van der Waals surface area contributed by atoms with E-state index >= 15 is 0 Å². The second kappa shape index (κ2) is 5.93. The average molecular weight is 314 g/mol. The molecule has 1 saturated heterocycles. The number of nitrogen functional groups attached to an aromatic ring is 1. The molecular weight excluding hydrogens is 291 g/mol. The molecule has 1 fully saturated rings. The van der Waals surface area contributed by atoms with Crippen molar-refractivity contribution in [3.63, 3.8) is 0 Å². The maximum absolute atomic E-state index is 13.3. The first-order chi connectivity index (χ1) is 9.84. The molecule has 1 aliphatic heterocycles. The largest absolute Gasteiger partial charge is 0.398 e. The first-order valence-electron chi connectivity index (χ1n) is 7.40. The van der Waals surface area contributed by atoms with Crippen molar-refractivity contribution in [3.8, 4) is 0 Å². The number of hydrogen-bond donors (Lipinski definition) is 1. The van der Waals surface area contributed by atoms with Crippen LogP contribution in [-0.2, 0) is 10.0 Å². The van der Waals surface area contributed by atoms with Crippen molar-refractivity contribution in [1.82, 2.24) is 4.31 Å². The summed E-state index contributed by atoms with van der Waals surface area (Å²) in [5, 5.41) is 0. The third-order valence-corrected chi connectivity index (χ3v) is 6.83. The highest BCUT2D eigenvalue weighted by Gasteiger charge is 2.36. The fraction of sp³-hybridized carbons (Fsp3) is 0.600. The molecule has 1 aromatic rings. The number of benzene rings is 1. The van der Waals surface area contributed by atoms with Crippen LogP contribution in [0.2, 0.25) is 0 Å². The number of sulfonamides is 1. The molecule has 0 radical (unpaired) electrons. The van der Waals surface area contributed by atoms with Crippen LogP contribution in [-0.4, -0.2) is 25.8 Å². The molecule has 4 nitrogen and oxygen atoms in total. The second-order valence-electron chi connectivity index (χ2n) is 5.79. The predicted octanol–water partition coefficient (Wildman–Crippen LogP) is 3.00. The summed E-state index contributed by atoms with van der Waals surface area (Å²) >= 11 is 0. The van der Waals surface area contributed by atoms with Crippen LogP contribution in [0.15, 0.2) is 23.1 Å². The third kappa shape index (κ3) is 3.06. The van der Waals surface area contributed by atoms with Crippen LogP contribution in [0.4, 0.5) is 10.1 Å². The van der Waals surface area contributed by atoms with Crippen molar-refractivity contribution in [3.05, 3.63) is 24.0 Å². The quantitative estimate of drug-likeness (QED) is 0.869. The van der Waals surface area contributed by atoms with Gasteiger partial charge >= 0.3 is 0 Å². The SMILES string of the molecule is CCC1(CC)CCN(S(=O)(=O)c2cc(F)ccc2N)CC1. The van der Waals surface area contributed by atoms with Crippen molar-refractivity contribution >= 4 is 15.7 Å². The van der Waals surface area contributed by atoms with Gasteiger partial charge in [-0.2, -0.15) is 4.31 Å². The Morgan fingerprint density at radius 1 is 1.24 bits per heavy atom. The number of nitrogens with two attached hydrogens (primary N) is 1. The zero-order chi connectivity index (χ0) is 15.7. The summed E-state index contributed by atoms with van der Waals surface area (Å²) in [4.78, 5) is -0.122. The fourth-order valence-corrected chi connectivity index (χ4v) is 4.60. The Morgan fingerprint density at radius 3 is 2.33 bits per heavy atom. The molecule has 0 spiro atoms. The van der Waals surface area contributed by atoms with E-state index in [1.165, 1.54) is 16.4 Å². The number of piperidine rings is 1. The zero-order valence-electron chi connectivity index (χ0n) is 12.6. The van der Waals surface area contributed by atoms with Crippen molar-refractivity contribution in [2.75, 3.05) is 18.8 Å². The monoisotopic (exact) mass is 314 g/mol. The van der Waals surface area contributed by atoms with Gasteiger partial charge in [0.05, 0.1) is 5.69 Å². The number of nitrogens with zero attached hydrogens (tertiary/aromatic N) is 1. The van der Waals surface area contributed by atoms with Crippen LogP contribution in [0.1, 0.15) is 39.5 Å².